The van der Waals surface area contributed by atoms with Crippen LogP contribution in [-0.4, -0.2) is 19.9 Å². The Kier molecular flexibility index (Phi) is 8.60. The van der Waals surface area contributed by atoms with Gasteiger partial charge in [0.1, 0.15) is 0 Å². The fourth-order valence-corrected chi connectivity index (χ4v) is 8.20. The summed E-state index contributed by atoms with van der Waals surface area (Å²) in [4.78, 5) is 24.1. The van der Waals surface area contributed by atoms with Crippen LogP contribution in [-0.2, 0) is 0 Å². The van der Waals surface area contributed by atoms with Crippen LogP contribution in [0.25, 0.3) is 55.1 Å². The van der Waals surface area contributed by atoms with Crippen molar-refractivity contribution in [2.45, 2.75) is 27.7 Å². The Morgan fingerprint density at radius 3 is 0.897 bits per heavy atom. The average Bonchev–Trinajstić information content (AvgIpc) is 3.26. The molecular formula is C52H40N6. The van der Waals surface area contributed by atoms with E-state index in [0.717, 1.165) is 77.6 Å². The molecule has 0 aliphatic carbocycles. The molecule has 2 aromatic heterocycles. The van der Waals surface area contributed by atoms with Crippen LogP contribution in [0, 0.1) is 27.7 Å². The molecule has 8 aromatic carbocycles. The van der Waals surface area contributed by atoms with E-state index in [4.69, 9.17) is 19.9 Å². The lowest BCUT2D eigenvalue weighted by Crippen LogP contribution is -2.12. The molecule has 0 aliphatic heterocycles. The van der Waals surface area contributed by atoms with Gasteiger partial charge in [-0.2, -0.15) is 0 Å². The molecule has 0 fully saturated rings. The fourth-order valence-electron chi connectivity index (χ4n) is 8.20. The number of aromatic nitrogens is 4. The Balaban J connectivity index is 1.37. The Labute approximate surface area is 338 Å². The van der Waals surface area contributed by atoms with E-state index in [1.165, 1.54) is 22.3 Å². The first-order chi connectivity index (χ1) is 28.4. The Morgan fingerprint density at radius 1 is 0.328 bits per heavy atom. The third-order valence-electron chi connectivity index (χ3n) is 11.1. The molecule has 0 aliphatic rings. The SMILES string of the molecule is Cc1ccc(N(c2ccc(C)cc2)c2cc(-c3ncccn3)c3ccc4c(N(c5ccc(C)cc5)c5ccc(C)cc5)cc(-c5ncccn5)c5ccc2c3c54)cc1. The summed E-state index contributed by atoms with van der Waals surface area (Å²) in [7, 11) is 0. The van der Waals surface area contributed by atoms with Gasteiger partial charge in [0.25, 0.3) is 0 Å². The van der Waals surface area contributed by atoms with E-state index in [1.54, 1.807) is 0 Å². The van der Waals surface area contributed by atoms with Gasteiger partial charge in [-0.25, -0.2) is 19.9 Å². The summed E-state index contributed by atoms with van der Waals surface area (Å²) in [6.45, 7) is 8.51. The molecule has 6 heteroatoms. The lowest BCUT2D eigenvalue weighted by Gasteiger charge is -2.30. The maximum absolute atomic E-state index is 4.85. The molecule has 2 heterocycles. The highest BCUT2D eigenvalue weighted by molar-refractivity contribution is 6.32. The third-order valence-corrected chi connectivity index (χ3v) is 11.1. The zero-order chi connectivity index (χ0) is 39.3. The van der Waals surface area contributed by atoms with E-state index < -0.39 is 0 Å². The van der Waals surface area contributed by atoms with Crippen LogP contribution in [0.5, 0.6) is 0 Å². The zero-order valence-electron chi connectivity index (χ0n) is 32.8. The Morgan fingerprint density at radius 2 is 0.603 bits per heavy atom. The van der Waals surface area contributed by atoms with Gasteiger partial charge in [-0.05, 0) is 111 Å². The number of benzene rings is 8. The third kappa shape index (κ3) is 6.07. The molecule has 0 N–H and O–H groups in total. The van der Waals surface area contributed by atoms with Crippen molar-refractivity contribution in [3.63, 3.8) is 0 Å². The largest absolute Gasteiger partial charge is 0.310 e. The summed E-state index contributed by atoms with van der Waals surface area (Å²) in [5.74, 6) is 1.34. The predicted octanol–water partition coefficient (Wildman–Crippen LogP) is 13.7. The molecule has 10 rings (SSSR count). The van der Waals surface area contributed by atoms with Crippen LogP contribution in [0.2, 0.25) is 0 Å². The highest BCUT2D eigenvalue weighted by atomic mass is 15.2. The topological polar surface area (TPSA) is 58.0 Å². The van der Waals surface area contributed by atoms with Crippen molar-refractivity contribution in [1.29, 1.82) is 0 Å². The van der Waals surface area contributed by atoms with E-state index >= 15 is 0 Å². The lowest BCUT2D eigenvalue weighted by molar-refractivity contribution is 1.18. The lowest BCUT2D eigenvalue weighted by atomic mass is 9.87. The molecule has 0 saturated heterocycles. The Bertz CT molecular complexity index is 2750. The van der Waals surface area contributed by atoms with E-state index in [2.05, 4.69) is 171 Å². The number of aryl methyl sites for hydroxylation is 4. The van der Waals surface area contributed by atoms with Crippen molar-refractivity contribution in [1.82, 2.24) is 19.9 Å². The molecule has 58 heavy (non-hydrogen) atoms. The summed E-state index contributed by atoms with van der Waals surface area (Å²) in [5.41, 5.74) is 13.1. The number of hydrogen-bond acceptors (Lipinski definition) is 6. The highest BCUT2D eigenvalue weighted by Gasteiger charge is 2.26. The van der Waals surface area contributed by atoms with Crippen LogP contribution in [0.1, 0.15) is 22.3 Å². The van der Waals surface area contributed by atoms with Gasteiger partial charge in [-0.3, -0.25) is 0 Å². The van der Waals surface area contributed by atoms with Crippen molar-refractivity contribution < 1.29 is 0 Å². The maximum Gasteiger partial charge on any atom is 0.159 e. The van der Waals surface area contributed by atoms with Gasteiger partial charge in [0.2, 0.25) is 0 Å². The Hall–Kier alpha value is -7.44. The summed E-state index contributed by atoms with van der Waals surface area (Å²) >= 11 is 0. The van der Waals surface area contributed by atoms with E-state index in [1.807, 2.05) is 36.9 Å². The van der Waals surface area contributed by atoms with E-state index in [-0.39, 0.29) is 0 Å². The molecule has 0 amide bonds. The van der Waals surface area contributed by atoms with Gasteiger partial charge in [-0.15, -0.1) is 0 Å². The second kappa shape index (κ2) is 14.3. The maximum atomic E-state index is 4.85. The van der Waals surface area contributed by atoms with E-state index in [0.29, 0.717) is 11.6 Å². The van der Waals surface area contributed by atoms with Crippen molar-refractivity contribution in [2.24, 2.45) is 0 Å². The normalized spacial score (nSPS) is 11.4. The average molecular weight is 749 g/mol. The first kappa shape index (κ1) is 35.0. The fraction of sp³-hybridized carbons (Fsp3) is 0.0769. The van der Waals surface area contributed by atoms with Crippen molar-refractivity contribution in [3.8, 4) is 22.8 Å². The summed E-state index contributed by atoms with van der Waals surface area (Å²) in [5, 5.41) is 6.64. The van der Waals surface area contributed by atoms with Gasteiger partial charge >= 0.3 is 0 Å². The van der Waals surface area contributed by atoms with Crippen LogP contribution in [0.4, 0.5) is 34.1 Å². The van der Waals surface area contributed by atoms with Gasteiger partial charge in [0, 0.05) is 80.2 Å². The van der Waals surface area contributed by atoms with Gasteiger partial charge < -0.3 is 9.80 Å². The summed E-state index contributed by atoms with van der Waals surface area (Å²) in [6.07, 6.45) is 7.28. The van der Waals surface area contributed by atoms with Gasteiger partial charge in [0.05, 0.1) is 11.4 Å². The molecule has 10 aromatic rings. The van der Waals surface area contributed by atoms with Crippen LogP contribution in [0.3, 0.4) is 0 Å². The van der Waals surface area contributed by atoms with Crippen molar-refractivity contribution in [3.05, 3.63) is 193 Å². The summed E-state index contributed by atoms with van der Waals surface area (Å²) in [6, 6.07) is 52.4. The summed E-state index contributed by atoms with van der Waals surface area (Å²) < 4.78 is 0. The molecule has 0 unspecified atom stereocenters. The number of anilines is 6. The smallest absolute Gasteiger partial charge is 0.159 e. The van der Waals surface area contributed by atoms with Crippen LogP contribution >= 0.6 is 0 Å². The van der Waals surface area contributed by atoms with Crippen molar-refractivity contribution in [2.75, 3.05) is 9.80 Å². The predicted molar refractivity (Wildman–Crippen MR) is 241 cm³/mol. The quantitative estimate of drug-likeness (QED) is 0.144. The zero-order valence-corrected chi connectivity index (χ0v) is 32.8. The van der Waals surface area contributed by atoms with Crippen LogP contribution < -0.4 is 9.80 Å². The second-order valence-electron chi connectivity index (χ2n) is 15.1. The second-order valence-corrected chi connectivity index (χ2v) is 15.1. The first-order valence-electron chi connectivity index (χ1n) is 19.6. The molecule has 0 saturated carbocycles. The number of hydrogen-bond donors (Lipinski definition) is 0. The minimum atomic E-state index is 0.669. The highest BCUT2D eigenvalue weighted by Crippen LogP contribution is 2.51. The standard InChI is InChI=1S/C52H40N6/c1-33-7-15-37(16-8-33)57(38-17-9-34(2)10-18-38)47-31-45(51-53-27-5-28-54-51)41-24-26-44-48(58(39-19-11-35(3)12-20-39)40-21-13-36(4)14-22-40)32-46(52-55-29-6-30-56-52)42-23-25-43(47)49(41)50(42)44/h5-32H,1-4H3. The molecule has 0 radical (unpaired) electrons. The molecule has 0 bridgehead atoms. The monoisotopic (exact) mass is 748 g/mol. The minimum absolute atomic E-state index is 0.669. The van der Waals surface area contributed by atoms with Crippen molar-refractivity contribution >= 4 is 66.4 Å². The molecule has 278 valence electrons. The van der Waals surface area contributed by atoms with E-state index in [9.17, 15) is 0 Å². The van der Waals surface area contributed by atoms with Crippen LogP contribution in [0.15, 0.2) is 170 Å². The van der Waals surface area contributed by atoms with Gasteiger partial charge in [0.15, 0.2) is 11.6 Å². The number of rotatable bonds is 8. The molecule has 0 atom stereocenters. The minimum Gasteiger partial charge on any atom is -0.310 e. The number of nitrogens with zero attached hydrogens (tertiary/aromatic N) is 6. The van der Waals surface area contributed by atoms with Gasteiger partial charge in [-0.1, -0.05) is 95.1 Å². The molecule has 6 nitrogen and oxygen atoms in total. The first-order valence-corrected chi connectivity index (χ1v) is 19.6. The molecule has 0 spiro atoms. The molecular weight excluding hydrogens is 709 g/mol.